The van der Waals surface area contributed by atoms with Gasteiger partial charge in [-0.3, -0.25) is 9.59 Å². The number of carbonyl (C=O) groups excluding carboxylic acids is 1. The van der Waals surface area contributed by atoms with Gasteiger partial charge < -0.3 is 19.2 Å². The van der Waals surface area contributed by atoms with Gasteiger partial charge in [-0.25, -0.2) is 0 Å². The molecule has 1 amide bonds. The van der Waals surface area contributed by atoms with Crippen molar-refractivity contribution < 1.29 is 9.53 Å². The minimum atomic E-state index is -0.348. The van der Waals surface area contributed by atoms with Crippen molar-refractivity contribution in [2.75, 3.05) is 5.32 Å². The van der Waals surface area contributed by atoms with Gasteiger partial charge in [0.1, 0.15) is 12.4 Å². The third kappa shape index (κ3) is 3.59. The van der Waals surface area contributed by atoms with Gasteiger partial charge in [0, 0.05) is 26.5 Å². The highest BCUT2D eigenvalue weighted by Crippen LogP contribution is 2.27. The standard InChI is InChI=1S/C24H23N3O3/c1-16-13-27(3)24(29)21-18(14-26(2)22(16)21)23(28)25-19-11-7-8-12-20(19)30-15-17-9-5-4-6-10-17/h4-14H,15H2,1-3H3,(H,25,28). The highest BCUT2D eigenvalue weighted by atomic mass is 16.5. The third-order valence-electron chi connectivity index (χ3n) is 5.09. The van der Waals surface area contributed by atoms with Crippen LogP contribution >= 0.6 is 0 Å². The maximum Gasteiger partial charge on any atom is 0.260 e. The van der Waals surface area contributed by atoms with Crippen molar-refractivity contribution in [2.24, 2.45) is 14.1 Å². The van der Waals surface area contributed by atoms with Crippen LogP contribution in [-0.4, -0.2) is 15.0 Å². The molecule has 4 aromatic rings. The molecule has 0 unspecified atom stereocenters. The van der Waals surface area contributed by atoms with Crippen LogP contribution in [0.25, 0.3) is 10.9 Å². The minimum absolute atomic E-state index is 0.199. The van der Waals surface area contributed by atoms with Crippen LogP contribution in [0.1, 0.15) is 21.5 Å². The molecule has 2 aromatic carbocycles. The Morgan fingerprint density at radius 1 is 0.967 bits per heavy atom. The number of pyridine rings is 1. The van der Waals surface area contributed by atoms with Crippen molar-refractivity contribution in [1.82, 2.24) is 9.13 Å². The number of ether oxygens (including phenoxy) is 1. The number of rotatable bonds is 5. The molecule has 0 radical (unpaired) electrons. The number of amides is 1. The number of para-hydroxylation sites is 2. The molecule has 6 nitrogen and oxygen atoms in total. The second-order valence-corrected chi connectivity index (χ2v) is 7.33. The molecule has 152 valence electrons. The summed E-state index contributed by atoms with van der Waals surface area (Å²) in [6.45, 7) is 2.32. The van der Waals surface area contributed by atoms with Gasteiger partial charge in [-0.1, -0.05) is 42.5 Å². The number of carbonyl (C=O) groups is 1. The van der Waals surface area contributed by atoms with Crippen LogP contribution in [0.3, 0.4) is 0 Å². The maximum absolute atomic E-state index is 13.1. The Balaban J connectivity index is 1.65. The Kier molecular flexibility index (Phi) is 5.14. The smallest absolute Gasteiger partial charge is 0.260 e. The molecule has 0 aliphatic heterocycles. The lowest BCUT2D eigenvalue weighted by Crippen LogP contribution is -2.20. The molecule has 2 aromatic heterocycles. The van der Waals surface area contributed by atoms with E-state index in [-0.39, 0.29) is 11.5 Å². The Morgan fingerprint density at radius 3 is 2.43 bits per heavy atom. The fourth-order valence-corrected chi connectivity index (χ4v) is 3.70. The summed E-state index contributed by atoms with van der Waals surface area (Å²) in [5.41, 5.74) is 3.42. The van der Waals surface area contributed by atoms with E-state index >= 15 is 0 Å². The second kappa shape index (κ2) is 7.91. The molecule has 0 aliphatic rings. The molecular formula is C24H23N3O3. The van der Waals surface area contributed by atoms with Crippen LogP contribution in [0.15, 0.2) is 71.8 Å². The van der Waals surface area contributed by atoms with Crippen molar-refractivity contribution in [3.63, 3.8) is 0 Å². The van der Waals surface area contributed by atoms with Crippen LogP contribution in [0.2, 0.25) is 0 Å². The van der Waals surface area contributed by atoms with Gasteiger partial charge in [-0.15, -0.1) is 0 Å². The zero-order valence-corrected chi connectivity index (χ0v) is 17.2. The fraction of sp³-hybridized carbons (Fsp3) is 0.167. The average Bonchev–Trinajstić information content (AvgIpc) is 3.10. The summed E-state index contributed by atoms with van der Waals surface area (Å²) in [5, 5.41) is 3.33. The highest BCUT2D eigenvalue weighted by Gasteiger charge is 2.20. The van der Waals surface area contributed by atoms with Crippen molar-refractivity contribution in [3.05, 3.63) is 94.0 Å². The lowest BCUT2D eigenvalue weighted by Gasteiger charge is -2.12. The molecule has 1 N–H and O–H groups in total. The zero-order chi connectivity index (χ0) is 21.3. The topological polar surface area (TPSA) is 65.3 Å². The van der Waals surface area contributed by atoms with Crippen molar-refractivity contribution in [1.29, 1.82) is 0 Å². The van der Waals surface area contributed by atoms with Crippen molar-refractivity contribution in [2.45, 2.75) is 13.5 Å². The van der Waals surface area contributed by atoms with Crippen molar-refractivity contribution in [3.8, 4) is 5.75 Å². The summed E-state index contributed by atoms with van der Waals surface area (Å²) in [4.78, 5) is 25.9. The molecule has 0 atom stereocenters. The summed E-state index contributed by atoms with van der Waals surface area (Å²) >= 11 is 0. The number of fused-ring (bicyclic) bond motifs is 1. The molecule has 0 fully saturated rings. The van der Waals surface area contributed by atoms with Gasteiger partial charge in [0.2, 0.25) is 0 Å². The number of anilines is 1. The Labute approximate surface area is 174 Å². The fourth-order valence-electron chi connectivity index (χ4n) is 3.70. The van der Waals surface area contributed by atoms with E-state index in [1.165, 1.54) is 4.57 Å². The molecule has 0 saturated carbocycles. The lowest BCUT2D eigenvalue weighted by atomic mass is 10.1. The normalized spacial score (nSPS) is 10.9. The van der Waals surface area contributed by atoms with Gasteiger partial charge in [0.15, 0.2) is 0 Å². The third-order valence-corrected chi connectivity index (χ3v) is 5.09. The van der Waals surface area contributed by atoms with E-state index in [1.54, 1.807) is 25.5 Å². The summed E-state index contributed by atoms with van der Waals surface area (Å²) in [6, 6.07) is 17.1. The summed E-state index contributed by atoms with van der Waals surface area (Å²) in [5.74, 6) is 0.220. The monoisotopic (exact) mass is 401 g/mol. The van der Waals surface area contributed by atoms with E-state index in [0.717, 1.165) is 16.6 Å². The van der Waals surface area contributed by atoms with Crippen LogP contribution in [0.4, 0.5) is 5.69 Å². The number of aryl methyl sites for hydroxylation is 3. The SMILES string of the molecule is Cc1cn(C)c(=O)c2c(C(=O)Nc3ccccc3OCc3ccccc3)cn(C)c12. The predicted molar refractivity (Wildman–Crippen MR) is 118 cm³/mol. The molecule has 6 heteroatoms. The first kappa shape index (κ1) is 19.5. The van der Waals surface area contributed by atoms with Crippen LogP contribution in [0, 0.1) is 6.92 Å². The highest BCUT2D eigenvalue weighted by molar-refractivity contribution is 6.13. The number of nitrogens with zero attached hydrogens (tertiary/aromatic N) is 2. The number of aromatic nitrogens is 2. The Hall–Kier alpha value is -3.80. The predicted octanol–water partition coefficient (Wildman–Crippen LogP) is 4.02. The number of benzene rings is 2. The molecule has 30 heavy (non-hydrogen) atoms. The Bertz CT molecular complexity index is 1290. The zero-order valence-electron chi connectivity index (χ0n) is 17.2. The van der Waals surface area contributed by atoms with E-state index < -0.39 is 0 Å². The molecule has 0 spiro atoms. The minimum Gasteiger partial charge on any atom is -0.487 e. The molecule has 4 rings (SSSR count). The second-order valence-electron chi connectivity index (χ2n) is 7.33. The Morgan fingerprint density at radius 2 is 1.67 bits per heavy atom. The lowest BCUT2D eigenvalue weighted by molar-refractivity contribution is 0.102. The van der Waals surface area contributed by atoms with E-state index in [0.29, 0.717) is 29.0 Å². The maximum atomic E-state index is 13.1. The number of hydrogen-bond donors (Lipinski definition) is 1. The van der Waals surface area contributed by atoms with Crippen LogP contribution in [-0.2, 0) is 20.7 Å². The summed E-state index contributed by atoms with van der Waals surface area (Å²) in [6.07, 6.45) is 3.47. The average molecular weight is 401 g/mol. The van der Waals surface area contributed by atoms with Crippen molar-refractivity contribution >= 4 is 22.5 Å². The number of nitrogens with one attached hydrogen (secondary N) is 1. The summed E-state index contributed by atoms with van der Waals surface area (Å²) in [7, 11) is 3.53. The molecule has 0 saturated heterocycles. The first-order chi connectivity index (χ1) is 14.5. The van der Waals surface area contributed by atoms with Crippen LogP contribution in [0.5, 0.6) is 5.75 Å². The molecule has 0 aliphatic carbocycles. The van der Waals surface area contributed by atoms with Crippen LogP contribution < -0.4 is 15.6 Å². The first-order valence-corrected chi connectivity index (χ1v) is 9.68. The van der Waals surface area contributed by atoms with E-state index in [2.05, 4.69) is 5.32 Å². The largest absolute Gasteiger partial charge is 0.487 e. The summed E-state index contributed by atoms with van der Waals surface area (Å²) < 4.78 is 9.25. The van der Waals surface area contributed by atoms with Gasteiger partial charge in [0.05, 0.1) is 22.2 Å². The molecule has 2 heterocycles. The quantitative estimate of drug-likeness (QED) is 0.549. The van der Waals surface area contributed by atoms with E-state index in [4.69, 9.17) is 4.74 Å². The van der Waals surface area contributed by atoms with Gasteiger partial charge in [0.25, 0.3) is 11.5 Å². The van der Waals surface area contributed by atoms with E-state index in [9.17, 15) is 9.59 Å². The molecule has 0 bridgehead atoms. The molecular weight excluding hydrogens is 378 g/mol. The van der Waals surface area contributed by atoms with Gasteiger partial charge >= 0.3 is 0 Å². The van der Waals surface area contributed by atoms with E-state index in [1.807, 2.05) is 67.1 Å². The van der Waals surface area contributed by atoms with Gasteiger partial charge in [-0.05, 0) is 30.2 Å². The first-order valence-electron chi connectivity index (χ1n) is 9.68. The van der Waals surface area contributed by atoms with Gasteiger partial charge in [-0.2, -0.15) is 0 Å². The number of hydrogen-bond acceptors (Lipinski definition) is 3.